The van der Waals surface area contributed by atoms with Crippen LogP contribution >= 0.6 is 11.6 Å². The summed E-state index contributed by atoms with van der Waals surface area (Å²) in [4.78, 5) is 21.6. The van der Waals surface area contributed by atoms with E-state index in [1.165, 1.54) is 25.7 Å². The molecule has 4 aliphatic heterocycles. The highest BCUT2D eigenvalue weighted by molar-refractivity contribution is 6.33. The van der Waals surface area contributed by atoms with Crippen LogP contribution < -0.4 is 40.7 Å². The van der Waals surface area contributed by atoms with Crippen LogP contribution in [0, 0.1) is 18.6 Å². The van der Waals surface area contributed by atoms with Crippen molar-refractivity contribution in [1.82, 2.24) is 30.1 Å². The zero-order valence-corrected chi connectivity index (χ0v) is 37.6. The maximum atomic E-state index is 17.8. The predicted octanol–water partition coefficient (Wildman–Crippen LogP) is 8.13. The molecule has 13 nitrogen and oxygen atoms in total. The van der Waals surface area contributed by atoms with E-state index in [0.717, 1.165) is 18.9 Å². The van der Waals surface area contributed by atoms with E-state index in [1.54, 1.807) is 36.3 Å². The number of anilines is 2. The Hall–Kier alpha value is -6.47. The highest BCUT2D eigenvalue weighted by Gasteiger charge is 2.50. The molecule has 4 aliphatic rings. The molecule has 2 saturated heterocycles. The van der Waals surface area contributed by atoms with Gasteiger partial charge in [0, 0.05) is 44.0 Å². The van der Waals surface area contributed by atoms with E-state index in [4.69, 9.17) is 35.5 Å². The fourth-order valence-corrected chi connectivity index (χ4v) is 9.60. The number of nitrogens with zero attached hydrogens (tertiary/aromatic N) is 6. The van der Waals surface area contributed by atoms with Crippen LogP contribution in [-0.4, -0.2) is 77.0 Å². The summed E-state index contributed by atoms with van der Waals surface area (Å²) in [5.74, 6) is -2.17. The minimum Gasteiger partial charge on any atom is -0.497 e. The fraction of sp³-hybridized carbons (Fsp3) is 0.362. The molecule has 352 valence electrons. The van der Waals surface area contributed by atoms with Gasteiger partial charge in [0.15, 0.2) is 23.2 Å². The Morgan fingerprint density at radius 1 is 0.955 bits per heavy atom. The molecule has 2 fully saturated rings. The minimum atomic E-state index is -5.23. The van der Waals surface area contributed by atoms with E-state index in [1.807, 2.05) is 36.1 Å². The van der Waals surface area contributed by atoms with Crippen LogP contribution in [0.1, 0.15) is 60.2 Å². The van der Waals surface area contributed by atoms with Crippen LogP contribution in [0.2, 0.25) is 5.02 Å². The highest BCUT2D eigenvalue weighted by atomic mass is 35.5. The molecule has 20 heteroatoms. The summed E-state index contributed by atoms with van der Waals surface area (Å²) in [5, 5.41) is 8.63. The largest absolute Gasteiger partial charge is 0.497 e. The quantitative estimate of drug-likeness (QED) is 0.0930. The Morgan fingerprint density at radius 3 is 2.27 bits per heavy atom. The van der Waals surface area contributed by atoms with Crippen LogP contribution in [0.25, 0.3) is 17.1 Å². The van der Waals surface area contributed by atoms with Crippen molar-refractivity contribution < 1.29 is 45.3 Å². The van der Waals surface area contributed by atoms with Crippen LogP contribution in [0.3, 0.4) is 0 Å². The van der Waals surface area contributed by atoms with Gasteiger partial charge in [-0.25, -0.2) is 23.1 Å². The summed E-state index contributed by atoms with van der Waals surface area (Å²) in [5.41, 5.74) is -2.86. The molecule has 5 aromatic rings. The second-order valence-corrected chi connectivity index (χ2v) is 17.1. The molecule has 0 radical (unpaired) electrons. The normalized spacial score (nSPS) is 19.3. The Balaban J connectivity index is 1.18. The van der Waals surface area contributed by atoms with Gasteiger partial charge < -0.3 is 39.8 Å². The van der Waals surface area contributed by atoms with Gasteiger partial charge in [0.05, 0.1) is 64.4 Å². The first-order chi connectivity index (χ1) is 32.2. The molecular formula is C47H46ClF6N9O4. The highest BCUT2D eigenvalue weighted by Crippen LogP contribution is 2.45. The molecule has 3 aromatic carbocycles. The smallest absolute Gasteiger partial charge is 0.418 e. The van der Waals surface area contributed by atoms with Crippen LogP contribution in [0.15, 0.2) is 78.1 Å². The number of ether oxygens (including phenoxy) is 4. The fourth-order valence-electron chi connectivity index (χ4n) is 9.27. The minimum absolute atomic E-state index is 0.0357. The van der Waals surface area contributed by atoms with Crippen molar-refractivity contribution in [2.45, 2.75) is 70.1 Å². The van der Waals surface area contributed by atoms with Crippen LogP contribution in [0.5, 0.6) is 17.2 Å². The number of pyridine rings is 1. The first-order valence-electron chi connectivity index (χ1n) is 21.6. The molecule has 2 aromatic heterocycles. The molecule has 9 rings (SSSR count). The summed E-state index contributed by atoms with van der Waals surface area (Å²) in [6.07, 6.45) is -0.111. The third-order valence-corrected chi connectivity index (χ3v) is 13.0. The van der Waals surface area contributed by atoms with Crippen molar-refractivity contribution in [3.8, 4) is 28.5 Å². The summed E-state index contributed by atoms with van der Waals surface area (Å²) in [7, 11) is 3.08. The molecule has 67 heavy (non-hydrogen) atoms. The first kappa shape index (κ1) is 45.7. The third kappa shape index (κ3) is 8.70. The summed E-state index contributed by atoms with van der Waals surface area (Å²) in [6, 6.07) is 13.5. The number of aromatic nitrogens is 3. The Labute approximate surface area is 386 Å². The monoisotopic (exact) mass is 949 g/mol. The van der Waals surface area contributed by atoms with E-state index >= 15 is 22.0 Å². The van der Waals surface area contributed by atoms with Gasteiger partial charge in [-0.2, -0.15) is 13.2 Å². The van der Waals surface area contributed by atoms with Gasteiger partial charge in [-0.3, -0.25) is 14.9 Å². The SMILES string of the molecule is COc1ccc(CNc2nccnc2C(C)N2C=C(OC[C@@]34CCCN3C[C@H](F)C4)Oc3c(F)c(-c4nc(NCc5ccc(OC)cc5)c(F)c(C)c4C(F)(F)F)c(Cl)c4c3=C2NCN=4)cc1. The Morgan fingerprint density at radius 2 is 1.61 bits per heavy atom. The first-order valence-corrected chi connectivity index (χ1v) is 21.9. The number of rotatable bonds is 14. The summed E-state index contributed by atoms with van der Waals surface area (Å²) >= 11 is 7.04. The molecule has 0 bridgehead atoms. The van der Waals surface area contributed by atoms with E-state index in [0.29, 0.717) is 48.1 Å². The second-order valence-electron chi connectivity index (χ2n) is 16.7. The van der Waals surface area contributed by atoms with Crippen LogP contribution in [-0.2, 0) is 24.0 Å². The molecule has 0 amide bonds. The van der Waals surface area contributed by atoms with E-state index < -0.39 is 74.5 Å². The van der Waals surface area contributed by atoms with Crippen molar-refractivity contribution >= 4 is 29.1 Å². The Bertz CT molecular complexity index is 2860. The van der Waals surface area contributed by atoms with Gasteiger partial charge in [-0.15, -0.1) is 0 Å². The van der Waals surface area contributed by atoms with Gasteiger partial charge in [-0.1, -0.05) is 35.9 Å². The number of nitrogens with one attached hydrogen (secondary N) is 3. The van der Waals surface area contributed by atoms with Gasteiger partial charge in [-0.05, 0) is 68.6 Å². The zero-order valence-electron chi connectivity index (χ0n) is 36.8. The van der Waals surface area contributed by atoms with Gasteiger partial charge in [0.25, 0.3) is 0 Å². The molecule has 3 N–H and O–H groups in total. The number of methoxy groups -OCH3 is 2. The third-order valence-electron chi connectivity index (χ3n) is 12.7. The number of benzene rings is 3. The molecule has 6 heterocycles. The average molecular weight is 950 g/mol. The molecule has 1 unspecified atom stereocenters. The lowest BCUT2D eigenvalue weighted by Crippen LogP contribution is -2.45. The summed E-state index contributed by atoms with van der Waals surface area (Å²) in [6.45, 7) is 3.77. The number of fused-ring (bicyclic) bond motifs is 1. The maximum absolute atomic E-state index is 17.8. The maximum Gasteiger partial charge on any atom is 0.418 e. The topological polar surface area (TPSA) is 131 Å². The lowest BCUT2D eigenvalue weighted by molar-refractivity contribution is -0.137. The lowest BCUT2D eigenvalue weighted by atomic mass is 9.95. The molecule has 0 spiro atoms. The molecule has 3 atom stereocenters. The van der Waals surface area contributed by atoms with Crippen molar-refractivity contribution in [1.29, 1.82) is 0 Å². The predicted molar refractivity (Wildman–Crippen MR) is 237 cm³/mol. The van der Waals surface area contributed by atoms with Gasteiger partial charge >= 0.3 is 12.1 Å². The van der Waals surface area contributed by atoms with E-state index in [9.17, 15) is 4.39 Å². The number of halogens is 7. The average Bonchev–Trinajstić information content (AvgIpc) is 3.79. The second kappa shape index (κ2) is 18.3. The van der Waals surface area contributed by atoms with Gasteiger partial charge in [0.1, 0.15) is 48.3 Å². The van der Waals surface area contributed by atoms with Crippen molar-refractivity contribution in [3.05, 3.63) is 128 Å². The van der Waals surface area contributed by atoms with E-state index in [2.05, 4.69) is 30.9 Å². The van der Waals surface area contributed by atoms with Crippen molar-refractivity contribution in [2.75, 3.05) is 51.2 Å². The van der Waals surface area contributed by atoms with Crippen molar-refractivity contribution in [2.24, 2.45) is 4.99 Å². The summed E-state index contributed by atoms with van der Waals surface area (Å²) < 4.78 is 117. The van der Waals surface area contributed by atoms with Crippen LogP contribution in [0.4, 0.5) is 38.0 Å². The van der Waals surface area contributed by atoms with Gasteiger partial charge in [0.2, 0.25) is 0 Å². The standard InChI is InChI=1S/C47H46ClF6N9O4/c1-25-35(47(52,53)54)40(61-43(37(25)50)57-19-27-6-10-30(64-3)11-7-27)33-36(48)41-34-42(38(33)51)67-32(66-23-46-14-5-17-62(46)21-29(49)18-46)22-63(45(34)60-24-59-41)26(2)39-44(56-16-15-55-39)58-20-28-8-12-31(65-4)13-9-28/h6-13,15-16,22,26,29,60H,5,14,17-21,23-24H2,1-4H3,(H,56,58)(H,57,61)/t26?,29-,46+/m1/s1. The Kier molecular flexibility index (Phi) is 12.5. The molecule has 0 saturated carbocycles. The van der Waals surface area contributed by atoms with Crippen molar-refractivity contribution in [3.63, 3.8) is 0 Å². The van der Waals surface area contributed by atoms with E-state index in [-0.39, 0.29) is 55.1 Å². The number of hydrogen-bond donors (Lipinski definition) is 3. The lowest BCUT2D eigenvalue weighted by Gasteiger charge is -2.32. The molecular weight excluding hydrogens is 904 g/mol. The number of alkyl halides is 4. The zero-order chi connectivity index (χ0) is 47.2. The molecule has 0 aliphatic carbocycles. The number of hydrogen-bond acceptors (Lipinski definition) is 13.